The first-order chi connectivity index (χ1) is 15.1. The predicted molar refractivity (Wildman–Crippen MR) is 118 cm³/mol. The summed E-state index contributed by atoms with van der Waals surface area (Å²) in [5.74, 6) is 0.899. The lowest BCUT2D eigenvalue weighted by atomic mass is 10.1. The van der Waals surface area contributed by atoms with Crippen molar-refractivity contribution in [2.45, 2.75) is 32.2 Å². The highest BCUT2D eigenvalue weighted by atomic mass is 16.5. The van der Waals surface area contributed by atoms with Gasteiger partial charge >= 0.3 is 0 Å². The fraction of sp³-hybridized carbons (Fsp3) is 0.440. The molecule has 1 unspecified atom stereocenters. The van der Waals surface area contributed by atoms with E-state index in [0.717, 1.165) is 30.7 Å². The molecule has 2 aromatic rings. The Morgan fingerprint density at radius 3 is 2.42 bits per heavy atom. The van der Waals surface area contributed by atoms with Crippen LogP contribution in [0.2, 0.25) is 0 Å². The van der Waals surface area contributed by atoms with Gasteiger partial charge in [0.25, 0.3) is 5.91 Å². The summed E-state index contributed by atoms with van der Waals surface area (Å²) in [6, 6.07) is 15.5. The van der Waals surface area contributed by atoms with E-state index in [9.17, 15) is 9.59 Å². The van der Waals surface area contributed by atoms with Gasteiger partial charge in [-0.3, -0.25) is 9.59 Å². The van der Waals surface area contributed by atoms with Crippen LogP contribution in [-0.4, -0.2) is 67.1 Å². The molecular formula is C25H30N2O4. The van der Waals surface area contributed by atoms with Crippen molar-refractivity contribution >= 4 is 11.8 Å². The maximum absolute atomic E-state index is 12.8. The number of hydrogen-bond acceptors (Lipinski definition) is 4. The lowest BCUT2D eigenvalue weighted by Crippen LogP contribution is -2.40. The lowest BCUT2D eigenvalue weighted by Gasteiger charge is -2.27. The largest absolute Gasteiger partial charge is 0.491 e. The number of aryl methyl sites for hydroxylation is 1. The SMILES string of the molecule is Cc1ccc(CC(=O)N2CCCC2COc2ccc(C(=O)N3CCOCC3)cc2)cc1. The van der Waals surface area contributed by atoms with Gasteiger partial charge in [-0.2, -0.15) is 0 Å². The van der Waals surface area contributed by atoms with E-state index < -0.39 is 0 Å². The first kappa shape index (κ1) is 21.4. The average molecular weight is 423 g/mol. The molecule has 2 amide bonds. The molecular weight excluding hydrogens is 392 g/mol. The van der Waals surface area contributed by atoms with Crippen molar-refractivity contribution in [1.82, 2.24) is 9.80 Å². The van der Waals surface area contributed by atoms with Gasteiger partial charge < -0.3 is 19.3 Å². The number of ether oxygens (including phenoxy) is 2. The Morgan fingerprint density at radius 1 is 1.00 bits per heavy atom. The van der Waals surface area contributed by atoms with Gasteiger partial charge in [0.15, 0.2) is 0 Å². The maximum atomic E-state index is 12.8. The molecule has 0 aliphatic carbocycles. The molecule has 0 bridgehead atoms. The number of carbonyl (C=O) groups is 2. The van der Waals surface area contributed by atoms with Gasteiger partial charge in [0.1, 0.15) is 12.4 Å². The van der Waals surface area contributed by atoms with Crippen molar-refractivity contribution in [3.8, 4) is 5.75 Å². The Morgan fingerprint density at radius 2 is 1.71 bits per heavy atom. The van der Waals surface area contributed by atoms with E-state index >= 15 is 0 Å². The van der Waals surface area contributed by atoms with Crippen molar-refractivity contribution < 1.29 is 19.1 Å². The second kappa shape index (κ2) is 9.96. The van der Waals surface area contributed by atoms with E-state index in [4.69, 9.17) is 9.47 Å². The number of likely N-dealkylation sites (tertiary alicyclic amines) is 1. The van der Waals surface area contributed by atoms with Crippen LogP contribution in [0.3, 0.4) is 0 Å². The van der Waals surface area contributed by atoms with E-state index in [-0.39, 0.29) is 17.9 Å². The van der Waals surface area contributed by atoms with Gasteiger partial charge in [-0.25, -0.2) is 0 Å². The van der Waals surface area contributed by atoms with Gasteiger partial charge in [-0.05, 0) is 49.6 Å². The average Bonchev–Trinajstić information content (AvgIpc) is 3.28. The monoisotopic (exact) mass is 422 g/mol. The molecule has 6 heteroatoms. The minimum absolute atomic E-state index is 0.0264. The molecule has 31 heavy (non-hydrogen) atoms. The van der Waals surface area contributed by atoms with Crippen LogP contribution < -0.4 is 4.74 Å². The summed E-state index contributed by atoms with van der Waals surface area (Å²) >= 11 is 0. The Hall–Kier alpha value is -2.86. The molecule has 2 aliphatic rings. The van der Waals surface area contributed by atoms with Gasteiger partial charge in [0, 0.05) is 25.2 Å². The minimum Gasteiger partial charge on any atom is -0.491 e. The van der Waals surface area contributed by atoms with E-state index in [1.54, 1.807) is 0 Å². The van der Waals surface area contributed by atoms with Crippen molar-refractivity contribution in [3.63, 3.8) is 0 Å². The summed E-state index contributed by atoms with van der Waals surface area (Å²) in [6.07, 6.45) is 2.38. The number of benzene rings is 2. The summed E-state index contributed by atoms with van der Waals surface area (Å²) in [4.78, 5) is 29.1. The molecule has 2 aliphatic heterocycles. The molecule has 2 fully saturated rings. The first-order valence-electron chi connectivity index (χ1n) is 11.0. The Balaban J connectivity index is 1.30. The highest BCUT2D eigenvalue weighted by Crippen LogP contribution is 2.21. The molecule has 0 spiro atoms. The van der Waals surface area contributed by atoms with Crippen LogP contribution in [0, 0.1) is 6.92 Å². The number of hydrogen-bond donors (Lipinski definition) is 0. The second-order valence-electron chi connectivity index (χ2n) is 8.29. The third-order valence-electron chi connectivity index (χ3n) is 6.02. The topological polar surface area (TPSA) is 59.1 Å². The van der Waals surface area contributed by atoms with E-state index in [2.05, 4.69) is 0 Å². The highest BCUT2D eigenvalue weighted by molar-refractivity contribution is 5.94. The number of carbonyl (C=O) groups excluding carboxylic acids is 2. The van der Waals surface area contributed by atoms with Crippen molar-refractivity contribution in [1.29, 1.82) is 0 Å². The molecule has 2 aromatic carbocycles. The van der Waals surface area contributed by atoms with Gasteiger partial charge in [-0.1, -0.05) is 29.8 Å². The molecule has 2 saturated heterocycles. The molecule has 0 saturated carbocycles. The van der Waals surface area contributed by atoms with Crippen molar-refractivity contribution in [2.75, 3.05) is 39.5 Å². The van der Waals surface area contributed by atoms with Crippen LogP contribution in [0.25, 0.3) is 0 Å². The van der Waals surface area contributed by atoms with Gasteiger partial charge in [0.2, 0.25) is 5.91 Å². The summed E-state index contributed by atoms with van der Waals surface area (Å²) in [6.45, 7) is 5.74. The van der Waals surface area contributed by atoms with E-state index in [0.29, 0.717) is 44.9 Å². The summed E-state index contributed by atoms with van der Waals surface area (Å²) < 4.78 is 11.3. The fourth-order valence-electron chi connectivity index (χ4n) is 4.15. The normalized spacial score (nSPS) is 18.8. The number of rotatable bonds is 6. The lowest BCUT2D eigenvalue weighted by molar-refractivity contribution is -0.131. The van der Waals surface area contributed by atoms with Crippen molar-refractivity contribution in [2.24, 2.45) is 0 Å². The zero-order valence-electron chi connectivity index (χ0n) is 18.1. The van der Waals surface area contributed by atoms with Crippen LogP contribution in [0.15, 0.2) is 48.5 Å². The van der Waals surface area contributed by atoms with Gasteiger partial charge in [-0.15, -0.1) is 0 Å². The first-order valence-corrected chi connectivity index (χ1v) is 11.0. The molecule has 6 nitrogen and oxygen atoms in total. The second-order valence-corrected chi connectivity index (χ2v) is 8.29. The summed E-state index contributed by atoms with van der Waals surface area (Å²) in [5.41, 5.74) is 2.90. The minimum atomic E-state index is 0.0264. The molecule has 1 atom stereocenters. The standard InChI is InChI=1S/C25H30N2O4/c1-19-4-6-20(7-5-19)17-24(28)27-12-2-3-22(27)18-31-23-10-8-21(9-11-23)25(29)26-13-15-30-16-14-26/h4-11,22H,2-3,12-18H2,1H3. The highest BCUT2D eigenvalue weighted by Gasteiger charge is 2.29. The molecule has 2 heterocycles. The maximum Gasteiger partial charge on any atom is 0.254 e. The van der Waals surface area contributed by atoms with Crippen LogP contribution in [0.1, 0.15) is 34.3 Å². The van der Waals surface area contributed by atoms with Crippen LogP contribution >= 0.6 is 0 Å². The van der Waals surface area contributed by atoms with Crippen LogP contribution in [0.5, 0.6) is 5.75 Å². The van der Waals surface area contributed by atoms with E-state index in [1.807, 2.05) is 65.3 Å². The molecule has 0 aromatic heterocycles. The zero-order valence-corrected chi connectivity index (χ0v) is 18.1. The molecule has 164 valence electrons. The quantitative estimate of drug-likeness (QED) is 0.718. The number of nitrogens with zero attached hydrogens (tertiary/aromatic N) is 2. The Labute approximate surface area is 183 Å². The zero-order chi connectivity index (χ0) is 21.6. The fourth-order valence-corrected chi connectivity index (χ4v) is 4.15. The third-order valence-corrected chi connectivity index (χ3v) is 6.02. The van der Waals surface area contributed by atoms with Crippen LogP contribution in [0.4, 0.5) is 0 Å². The van der Waals surface area contributed by atoms with Crippen molar-refractivity contribution in [3.05, 3.63) is 65.2 Å². The van der Waals surface area contributed by atoms with E-state index in [1.165, 1.54) is 5.56 Å². The third kappa shape index (κ3) is 5.44. The summed E-state index contributed by atoms with van der Waals surface area (Å²) in [5, 5.41) is 0. The molecule has 0 N–H and O–H groups in total. The molecule has 4 rings (SSSR count). The molecule has 0 radical (unpaired) electrons. The Kier molecular flexibility index (Phi) is 6.87. The van der Waals surface area contributed by atoms with Gasteiger partial charge in [0.05, 0.1) is 25.7 Å². The summed E-state index contributed by atoms with van der Waals surface area (Å²) in [7, 11) is 0. The predicted octanol–water partition coefficient (Wildman–Crippen LogP) is 3.08. The van der Waals surface area contributed by atoms with Crippen LogP contribution in [-0.2, 0) is 16.0 Å². The smallest absolute Gasteiger partial charge is 0.254 e. The number of morpholine rings is 1. The Bertz CT molecular complexity index is 889. The number of amides is 2.